The lowest BCUT2D eigenvalue weighted by Crippen LogP contribution is -2.26. The van der Waals surface area contributed by atoms with Crippen molar-refractivity contribution in [2.75, 3.05) is 0 Å². The molecule has 0 spiro atoms. The lowest BCUT2D eigenvalue weighted by molar-refractivity contribution is -0.137. The second-order valence-corrected chi connectivity index (χ2v) is 4.71. The van der Waals surface area contributed by atoms with Crippen LogP contribution in [0.25, 0.3) is 0 Å². The summed E-state index contributed by atoms with van der Waals surface area (Å²) in [6.45, 7) is 1.97. The molecule has 1 aromatic carbocycles. The van der Waals surface area contributed by atoms with E-state index < -0.39 is 11.7 Å². The van der Waals surface area contributed by atoms with Gasteiger partial charge in [0.2, 0.25) is 0 Å². The molecule has 2 N–H and O–H groups in total. The van der Waals surface area contributed by atoms with Crippen molar-refractivity contribution in [3.8, 4) is 0 Å². The Morgan fingerprint density at radius 1 is 1.22 bits per heavy atom. The lowest BCUT2D eigenvalue weighted by Gasteiger charge is -2.20. The maximum atomic E-state index is 12.4. The Labute approximate surface area is 104 Å². The average Bonchev–Trinajstić information content (AvgIpc) is 2.74. The maximum Gasteiger partial charge on any atom is 0.416 e. The summed E-state index contributed by atoms with van der Waals surface area (Å²) in [6, 6.07) is 4.62. The van der Waals surface area contributed by atoms with E-state index in [1.54, 1.807) is 0 Å². The standard InChI is InChI=1S/C13H16F3NO/c1-8-2-7-11(18-8)12(17)9-3-5-10(6-4-9)13(14,15)16/h3-6,8,11-12H,2,7,17H2,1H3. The van der Waals surface area contributed by atoms with Crippen molar-refractivity contribution in [2.45, 2.75) is 44.2 Å². The summed E-state index contributed by atoms with van der Waals surface area (Å²) in [6.07, 6.45) is -2.43. The molecule has 0 aliphatic carbocycles. The fourth-order valence-electron chi connectivity index (χ4n) is 2.21. The van der Waals surface area contributed by atoms with Gasteiger partial charge in [0.15, 0.2) is 0 Å². The second kappa shape index (κ2) is 4.90. The van der Waals surface area contributed by atoms with Gasteiger partial charge in [0.05, 0.1) is 23.8 Å². The minimum atomic E-state index is -4.30. The fourth-order valence-corrected chi connectivity index (χ4v) is 2.21. The highest BCUT2D eigenvalue weighted by atomic mass is 19.4. The van der Waals surface area contributed by atoms with Crippen molar-refractivity contribution in [1.29, 1.82) is 0 Å². The van der Waals surface area contributed by atoms with E-state index in [9.17, 15) is 13.2 Å². The topological polar surface area (TPSA) is 35.2 Å². The molecule has 0 radical (unpaired) electrons. The Balaban J connectivity index is 2.10. The molecule has 100 valence electrons. The zero-order valence-corrected chi connectivity index (χ0v) is 10.1. The van der Waals surface area contributed by atoms with E-state index in [0.29, 0.717) is 5.56 Å². The van der Waals surface area contributed by atoms with Crippen molar-refractivity contribution in [3.05, 3.63) is 35.4 Å². The number of nitrogens with two attached hydrogens (primary N) is 1. The third kappa shape index (κ3) is 2.84. The summed E-state index contributed by atoms with van der Waals surface area (Å²) < 4.78 is 42.9. The van der Waals surface area contributed by atoms with Crippen LogP contribution in [0.5, 0.6) is 0 Å². The average molecular weight is 259 g/mol. The first-order chi connectivity index (χ1) is 8.38. The summed E-state index contributed by atoms with van der Waals surface area (Å²) >= 11 is 0. The summed E-state index contributed by atoms with van der Waals surface area (Å²) in [5.41, 5.74) is 6.04. The van der Waals surface area contributed by atoms with Crippen LogP contribution in [0.2, 0.25) is 0 Å². The van der Waals surface area contributed by atoms with Gasteiger partial charge in [0.25, 0.3) is 0 Å². The van der Waals surface area contributed by atoms with Crippen molar-refractivity contribution in [3.63, 3.8) is 0 Å². The molecule has 0 bridgehead atoms. The predicted octanol–water partition coefficient (Wildman–Crippen LogP) is 3.27. The zero-order chi connectivity index (χ0) is 13.3. The fraction of sp³-hybridized carbons (Fsp3) is 0.538. The molecule has 1 saturated heterocycles. The highest BCUT2D eigenvalue weighted by Gasteiger charge is 2.31. The molecule has 18 heavy (non-hydrogen) atoms. The molecule has 1 fully saturated rings. The number of hydrogen-bond donors (Lipinski definition) is 1. The molecule has 5 heteroatoms. The molecule has 3 atom stereocenters. The Hall–Kier alpha value is -1.07. The number of benzene rings is 1. The van der Waals surface area contributed by atoms with E-state index in [1.165, 1.54) is 12.1 Å². The van der Waals surface area contributed by atoms with E-state index in [1.807, 2.05) is 6.92 Å². The van der Waals surface area contributed by atoms with E-state index >= 15 is 0 Å². The van der Waals surface area contributed by atoms with Crippen LogP contribution in [0.4, 0.5) is 13.2 Å². The third-order valence-corrected chi connectivity index (χ3v) is 3.29. The molecule has 0 aromatic heterocycles. The molecule has 0 saturated carbocycles. The normalized spacial score (nSPS) is 26.3. The van der Waals surface area contributed by atoms with Gasteiger partial charge < -0.3 is 10.5 Å². The largest absolute Gasteiger partial charge is 0.416 e. The first-order valence-corrected chi connectivity index (χ1v) is 5.96. The molecular formula is C13H16F3NO. The lowest BCUT2D eigenvalue weighted by atomic mass is 9.99. The number of hydrogen-bond acceptors (Lipinski definition) is 2. The van der Waals surface area contributed by atoms with Gasteiger partial charge in [-0.2, -0.15) is 13.2 Å². The Bertz CT molecular complexity index is 402. The molecule has 1 heterocycles. The number of ether oxygens (including phenoxy) is 1. The van der Waals surface area contributed by atoms with E-state index in [4.69, 9.17) is 10.5 Å². The van der Waals surface area contributed by atoms with E-state index in [2.05, 4.69) is 0 Å². The van der Waals surface area contributed by atoms with Gasteiger partial charge in [0.1, 0.15) is 0 Å². The first kappa shape index (κ1) is 13.4. The minimum Gasteiger partial charge on any atom is -0.373 e. The molecule has 1 aliphatic heterocycles. The van der Waals surface area contributed by atoms with Crippen molar-refractivity contribution in [2.24, 2.45) is 5.73 Å². The quantitative estimate of drug-likeness (QED) is 0.884. The van der Waals surface area contributed by atoms with Crippen molar-refractivity contribution in [1.82, 2.24) is 0 Å². The minimum absolute atomic E-state index is 0.100. The van der Waals surface area contributed by atoms with Crippen LogP contribution in [0.1, 0.15) is 36.9 Å². The molecule has 2 rings (SSSR count). The summed E-state index contributed by atoms with van der Waals surface area (Å²) in [4.78, 5) is 0. The molecule has 3 unspecified atom stereocenters. The van der Waals surface area contributed by atoms with Gasteiger partial charge in [0, 0.05) is 0 Å². The highest BCUT2D eigenvalue weighted by molar-refractivity contribution is 5.27. The van der Waals surface area contributed by atoms with Crippen LogP contribution in [-0.2, 0) is 10.9 Å². The smallest absolute Gasteiger partial charge is 0.373 e. The summed E-state index contributed by atoms with van der Waals surface area (Å²) in [7, 11) is 0. The zero-order valence-electron chi connectivity index (χ0n) is 10.1. The van der Waals surface area contributed by atoms with Crippen LogP contribution >= 0.6 is 0 Å². The highest BCUT2D eigenvalue weighted by Crippen LogP contribution is 2.32. The summed E-state index contributed by atoms with van der Waals surface area (Å²) in [5.74, 6) is 0. The van der Waals surface area contributed by atoms with Gasteiger partial charge in [-0.3, -0.25) is 0 Å². The number of halogens is 3. The molecule has 0 amide bonds. The van der Waals surface area contributed by atoms with E-state index in [0.717, 1.165) is 25.0 Å². The second-order valence-electron chi connectivity index (χ2n) is 4.71. The molecule has 2 nitrogen and oxygen atoms in total. The van der Waals surface area contributed by atoms with Crippen LogP contribution < -0.4 is 5.73 Å². The van der Waals surface area contributed by atoms with Crippen LogP contribution in [0, 0.1) is 0 Å². The van der Waals surface area contributed by atoms with Gasteiger partial charge >= 0.3 is 6.18 Å². The number of rotatable bonds is 2. The van der Waals surface area contributed by atoms with Crippen molar-refractivity contribution < 1.29 is 17.9 Å². The summed E-state index contributed by atoms with van der Waals surface area (Å²) in [5, 5.41) is 0. The monoisotopic (exact) mass is 259 g/mol. The van der Waals surface area contributed by atoms with Crippen LogP contribution in [0.3, 0.4) is 0 Å². The van der Waals surface area contributed by atoms with E-state index in [-0.39, 0.29) is 18.2 Å². The first-order valence-electron chi connectivity index (χ1n) is 5.96. The maximum absolute atomic E-state index is 12.4. The van der Waals surface area contributed by atoms with Gasteiger partial charge in [-0.1, -0.05) is 12.1 Å². The predicted molar refractivity (Wildman–Crippen MR) is 61.9 cm³/mol. The van der Waals surface area contributed by atoms with Crippen LogP contribution in [0.15, 0.2) is 24.3 Å². The number of alkyl halides is 3. The SMILES string of the molecule is CC1CCC(C(N)c2ccc(C(F)(F)F)cc2)O1. The van der Waals surface area contributed by atoms with Crippen LogP contribution in [-0.4, -0.2) is 12.2 Å². The molecule has 1 aromatic rings. The molecule has 1 aliphatic rings. The van der Waals surface area contributed by atoms with Crippen molar-refractivity contribution >= 4 is 0 Å². The Morgan fingerprint density at radius 2 is 1.83 bits per heavy atom. The van der Waals surface area contributed by atoms with Gasteiger partial charge in [-0.15, -0.1) is 0 Å². The van der Waals surface area contributed by atoms with Gasteiger partial charge in [-0.25, -0.2) is 0 Å². The molecular weight excluding hydrogens is 243 g/mol. The van der Waals surface area contributed by atoms with Gasteiger partial charge in [-0.05, 0) is 37.5 Å². The Morgan fingerprint density at radius 3 is 2.28 bits per heavy atom. The Kier molecular flexibility index (Phi) is 3.64. The third-order valence-electron chi connectivity index (χ3n) is 3.29.